The molecule has 0 saturated carbocycles. The van der Waals surface area contributed by atoms with Gasteiger partial charge in [0.2, 0.25) is 0 Å². The number of methoxy groups -OCH3 is 1. The van der Waals surface area contributed by atoms with Crippen LogP contribution in [0.25, 0.3) is 0 Å². The van der Waals surface area contributed by atoms with Gasteiger partial charge in [-0.15, -0.1) is 11.3 Å². The summed E-state index contributed by atoms with van der Waals surface area (Å²) in [6, 6.07) is 7.00. The minimum absolute atomic E-state index is 0.378. The summed E-state index contributed by atoms with van der Waals surface area (Å²) in [5.41, 5.74) is 1.18. The second-order valence-electron chi connectivity index (χ2n) is 3.73. The van der Waals surface area contributed by atoms with Gasteiger partial charge in [0, 0.05) is 9.35 Å². The molecule has 6 heteroatoms. The van der Waals surface area contributed by atoms with Crippen molar-refractivity contribution in [3.8, 4) is 0 Å². The van der Waals surface area contributed by atoms with Crippen LogP contribution >= 0.6 is 38.9 Å². The first-order chi connectivity index (χ1) is 9.11. The molecule has 3 nitrogen and oxygen atoms in total. The molecule has 0 aliphatic rings. The number of hydrogen-bond donors (Lipinski definition) is 1. The van der Waals surface area contributed by atoms with Crippen molar-refractivity contribution in [3.63, 3.8) is 0 Å². The molecule has 0 spiro atoms. The highest BCUT2D eigenvalue weighted by molar-refractivity contribution is 9.10. The third kappa shape index (κ3) is 3.49. The summed E-state index contributed by atoms with van der Waals surface area (Å²) in [7, 11) is 1.35. The fourth-order valence-electron chi connectivity index (χ4n) is 1.53. The second-order valence-corrected chi connectivity index (χ2v) is 5.99. The number of halogens is 2. The van der Waals surface area contributed by atoms with E-state index in [1.165, 1.54) is 12.0 Å². The van der Waals surface area contributed by atoms with Crippen LogP contribution in [0.15, 0.2) is 34.1 Å². The first-order valence-corrected chi connectivity index (χ1v) is 7.50. The van der Waals surface area contributed by atoms with Gasteiger partial charge in [0.25, 0.3) is 0 Å². The summed E-state index contributed by atoms with van der Waals surface area (Å²) in [5, 5.41) is 5.79. The number of nitrogens with one attached hydrogen (secondary N) is 1. The number of hydrogen-bond acceptors (Lipinski definition) is 4. The number of ether oxygens (including phenoxy) is 1. The zero-order valence-electron chi connectivity index (χ0n) is 10.1. The van der Waals surface area contributed by atoms with Gasteiger partial charge in [-0.1, -0.05) is 11.6 Å². The third-order valence-corrected chi connectivity index (χ3v) is 4.77. The summed E-state index contributed by atoms with van der Waals surface area (Å²) in [6.07, 6.45) is 0. The van der Waals surface area contributed by atoms with Gasteiger partial charge in [-0.3, -0.25) is 0 Å². The fourth-order valence-corrected chi connectivity index (χ4v) is 3.15. The predicted octanol–water partition coefficient (Wildman–Crippen LogP) is 4.56. The lowest BCUT2D eigenvalue weighted by atomic mass is 10.2. The Balaban J connectivity index is 2.15. The van der Waals surface area contributed by atoms with E-state index >= 15 is 0 Å². The van der Waals surface area contributed by atoms with Gasteiger partial charge in [-0.05, 0) is 45.6 Å². The van der Waals surface area contributed by atoms with Gasteiger partial charge in [-0.25, -0.2) is 4.79 Å². The minimum atomic E-state index is -0.378. The van der Waals surface area contributed by atoms with Crippen molar-refractivity contribution in [2.45, 2.75) is 6.54 Å². The van der Waals surface area contributed by atoms with Crippen LogP contribution in [-0.4, -0.2) is 13.1 Å². The molecule has 0 amide bonds. The van der Waals surface area contributed by atoms with Crippen LogP contribution in [0.3, 0.4) is 0 Å². The zero-order chi connectivity index (χ0) is 13.8. The maximum absolute atomic E-state index is 11.5. The predicted molar refractivity (Wildman–Crippen MR) is 82.1 cm³/mol. The molecule has 0 aliphatic carbocycles. The number of anilines is 1. The lowest BCUT2D eigenvalue weighted by Crippen LogP contribution is -2.04. The number of carbonyl (C=O) groups excluding carboxylic acids is 1. The van der Waals surface area contributed by atoms with Gasteiger partial charge in [0.15, 0.2) is 0 Å². The average Bonchev–Trinajstić information content (AvgIpc) is 2.82. The number of carbonyl (C=O) groups is 1. The highest BCUT2D eigenvalue weighted by Gasteiger charge is 2.09. The molecule has 19 heavy (non-hydrogen) atoms. The molecule has 1 aromatic carbocycles. The Labute approximate surface area is 128 Å². The molecular weight excluding hydrogens is 350 g/mol. The summed E-state index contributed by atoms with van der Waals surface area (Å²) in [5.74, 6) is -0.378. The molecule has 0 radical (unpaired) electrons. The topological polar surface area (TPSA) is 38.3 Å². The van der Waals surface area contributed by atoms with Crippen LogP contribution in [0.1, 0.15) is 15.2 Å². The Kier molecular flexibility index (Phi) is 4.85. The van der Waals surface area contributed by atoms with Crippen molar-refractivity contribution >= 4 is 50.5 Å². The average molecular weight is 361 g/mol. The van der Waals surface area contributed by atoms with E-state index in [0.29, 0.717) is 22.8 Å². The molecule has 0 fully saturated rings. The van der Waals surface area contributed by atoms with Gasteiger partial charge in [0.05, 0.1) is 29.9 Å². The molecule has 2 aromatic rings. The first-order valence-electron chi connectivity index (χ1n) is 5.45. The van der Waals surface area contributed by atoms with Crippen LogP contribution in [0.4, 0.5) is 5.69 Å². The van der Waals surface area contributed by atoms with Crippen LogP contribution < -0.4 is 5.32 Å². The third-order valence-electron chi connectivity index (χ3n) is 2.52. The quantitative estimate of drug-likeness (QED) is 0.812. The number of benzene rings is 1. The van der Waals surface area contributed by atoms with Gasteiger partial charge < -0.3 is 10.1 Å². The molecule has 1 aromatic heterocycles. The molecule has 0 atom stereocenters. The molecule has 0 unspecified atom stereocenters. The van der Waals surface area contributed by atoms with Crippen molar-refractivity contribution < 1.29 is 9.53 Å². The van der Waals surface area contributed by atoms with Crippen molar-refractivity contribution in [3.05, 3.63) is 49.6 Å². The largest absolute Gasteiger partial charge is 0.465 e. The molecule has 2 rings (SSSR count). The van der Waals surface area contributed by atoms with Crippen LogP contribution in [-0.2, 0) is 11.3 Å². The Bertz CT molecular complexity index is 600. The fraction of sp³-hybridized carbons (Fsp3) is 0.154. The van der Waals surface area contributed by atoms with Gasteiger partial charge >= 0.3 is 5.97 Å². The Morgan fingerprint density at radius 2 is 2.26 bits per heavy atom. The number of thiophene rings is 1. The van der Waals surface area contributed by atoms with Gasteiger partial charge in [-0.2, -0.15) is 0 Å². The van der Waals surface area contributed by atoms with Crippen LogP contribution in [0, 0.1) is 0 Å². The van der Waals surface area contributed by atoms with E-state index in [1.54, 1.807) is 29.5 Å². The number of rotatable bonds is 4. The van der Waals surface area contributed by atoms with Crippen molar-refractivity contribution in [1.82, 2.24) is 0 Å². The molecule has 0 bridgehead atoms. The number of esters is 1. The SMILES string of the molecule is COC(=O)c1ccc(Cl)c(NCc2sccc2Br)c1. The van der Waals surface area contributed by atoms with E-state index in [9.17, 15) is 4.79 Å². The Morgan fingerprint density at radius 1 is 1.47 bits per heavy atom. The molecule has 0 aliphatic heterocycles. The van der Waals surface area contributed by atoms with Crippen molar-refractivity contribution in [2.24, 2.45) is 0 Å². The van der Waals surface area contributed by atoms with E-state index in [2.05, 4.69) is 26.0 Å². The monoisotopic (exact) mass is 359 g/mol. The van der Waals surface area contributed by atoms with E-state index in [1.807, 2.05) is 11.4 Å². The second kappa shape index (κ2) is 6.41. The summed E-state index contributed by atoms with van der Waals surface area (Å²) in [6.45, 7) is 0.641. The minimum Gasteiger partial charge on any atom is -0.465 e. The lowest BCUT2D eigenvalue weighted by Gasteiger charge is -2.09. The molecule has 1 N–H and O–H groups in total. The van der Waals surface area contributed by atoms with Crippen LogP contribution in [0.2, 0.25) is 5.02 Å². The molecular formula is C13H11BrClNO2S. The van der Waals surface area contributed by atoms with E-state index in [-0.39, 0.29) is 5.97 Å². The summed E-state index contributed by atoms with van der Waals surface area (Å²) in [4.78, 5) is 12.6. The highest BCUT2D eigenvalue weighted by Crippen LogP contribution is 2.27. The van der Waals surface area contributed by atoms with Gasteiger partial charge in [0.1, 0.15) is 0 Å². The normalized spacial score (nSPS) is 10.3. The maximum Gasteiger partial charge on any atom is 0.337 e. The van der Waals surface area contributed by atoms with Crippen LogP contribution in [0.5, 0.6) is 0 Å². The van der Waals surface area contributed by atoms with Crippen molar-refractivity contribution in [1.29, 1.82) is 0 Å². The van der Waals surface area contributed by atoms with Crippen molar-refractivity contribution in [2.75, 3.05) is 12.4 Å². The van der Waals surface area contributed by atoms with E-state index in [4.69, 9.17) is 11.6 Å². The standard InChI is InChI=1S/C13H11BrClNO2S/c1-18-13(17)8-2-3-10(15)11(6-8)16-7-12-9(14)4-5-19-12/h2-6,16H,7H2,1H3. The van der Waals surface area contributed by atoms with E-state index in [0.717, 1.165) is 4.47 Å². The zero-order valence-corrected chi connectivity index (χ0v) is 13.2. The molecule has 1 heterocycles. The maximum atomic E-state index is 11.5. The first kappa shape index (κ1) is 14.4. The summed E-state index contributed by atoms with van der Waals surface area (Å²) >= 11 is 11.2. The van der Waals surface area contributed by atoms with E-state index < -0.39 is 0 Å². The molecule has 100 valence electrons. The lowest BCUT2D eigenvalue weighted by molar-refractivity contribution is 0.0601. The Morgan fingerprint density at radius 3 is 2.89 bits per heavy atom. The smallest absolute Gasteiger partial charge is 0.337 e. The Hall–Kier alpha value is -1.04. The summed E-state index contributed by atoms with van der Waals surface area (Å²) < 4.78 is 5.75. The highest BCUT2D eigenvalue weighted by atomic mass is 79.9. The molecule has 0 saturated heterocycles.